The number of hydrogen-bond donors (Lipinski definition) is 1. The molecule has 1 spiro atoms. The van der Waals surface area contributed by atoms with E-state index >= 15 is 0 Å². The van der Waals surface area contributed by atoms with Gasteiger partial charge in [0.1, 0.15) is 0 Å². The highest BCUT2D eigenvalue weighted by molar-refractivity contribution is 5.35. The zero-order valence-electron chi connectivity index (χ0n) is 15.0. The number of anilines is 1. The first-order valence-corrected chi connectivity index (χ1v) is 10.6. The molecule has 2 heterocycles. The van der Waals surface area contributed by atoms with Gasteiger partial charge in [0.25, 0.3) is 0 Å². The zero-order valence-corrected chi connectivity index (χ0v) is 15.0. The van der Waals surface area contributed by atoms with E-state index in [4.69, 9.17) is 10.1 Å². The summed E-state index contributed by atoms with van der Waals surface area (Å²) in [5.74, 6) is 3.66. The average Bonchev–Trinajstić information content (AvgIpc) is 3.09. The number of nitrogens with one attached hydrogen (secondary N) is 1. The molecule has 4 heteroatoms. The molecule has 2 atom stereocenters. The van der Waals surface area contributed by atoms with Crippen LogP contribution in [-0.4, -0.2) is 20.8 Å². The van der Waals surface area contributed by atoms with Crippen LogP contribution in [0.25, 0.3) is 0 Å². The van der Waals surface area contributed by atoms with Crippen LogP contribution < -0.4 is 5.32 Å². The summed E-state index contributed by atoms with van der Waals surface area (Å²) in [6.07, 6.45) is 19.0. The lowest BCUT2D eigenvalue weighted by molar-refractivity contribution is 0.0449. The van der Waals surface area contributed by atoms with Crippen LogP contribution in [0.3, 0.4) is 0 Å². The molecule has 0 radical (unpaired) electrons. The number of aromatic nitrogens is 3. The van der Waals surface area contributed by atoms with Crippen LogP contribution in [0.5, 0.6) is 0 Å². The Morgan fingerprint density at radius 1 is 0.833 bits per heavy atom. The third kappa shape index (κ3) is 2.32. The van der Waals surface area contributed by atoms with Crippen LogP contribution in [-0.2, 0) is 5.54 Å². The molecule has 1 aliphatic heterocycles. The monoisotopic (exact) mass is 328 g/mol. The SMILES string of the molecule is C1CCC(c2nc3n(n2)C2(CCCCC2)[C@@H]2CCCC[C@@H]2N3)CC1. The summed E-state index contributed by atoms with van der Waals surface area (Å²) in [5.41, 5.74) is 0.282. The lowest BCUT2D eigenvalue weighted by Crippen LogP contribution is -2.55. The van der Waals surface area contributed by atoms with Crippen LogP contribution in [0.2, 0.25) is 0 Å². The van der Waals surface area contributed by atoms with Gasteiger partial charge in [0, 0.05) is 17.9 Å². The Morgan fingerprint density at radius 3 is 2.38 bits per heavy atom. The molecule has 132 valence electrons. The second-order valence-corrected chi connectivity index (χ2v) is 8.85. The number of nitrogens with zero attached hydrogens (tertiary/aromatic N) is 3. The van der Waals surface area contributed by atoms with E-state index in [9.17, 15) is 0 Å². The highest BCUT2D eigenvalue weighted by Crippen LogP contribution is 2.51. The molecule has 0 aromatic carbocycles. The normalized spacial score (nSPS) is 32.8. The maximum absolute atomic E-state index is 5.19. The van der Waals surface area contributed by atoms with E-state index in [1.165, 1.54) is 89.9 Å². The second-order valence-electron chi connectivity index (χ2n) is 8.85. The molecule has 24 heavy (non-hydrogen) atoms. The van der Waals surface area contributed by atoms with E-state index in [2.05, 4.69) is 10.00 Å². The fraction of sp³-hybridized carbons (Fsp3) is 0.900. The fourth-order valence-electron chi connectivity index (χ4n) is 6.28. The average molecular weight is 329 g/mol. The van der Waals surface area contributed by atoms with Crippen molar-refractivity contribution >= 4 is 5.95 Å². The minimum atomic E-state index is 0.282. The highest BCUT2D eigenvalue weighted by atomic mass is 15.5. The molecule has 0 unspecified atom stereocenters. The van der Waals surface area contributed by atoms with Crippen molar-refractivity contribution in [1.82, 2.24) is 14.8 Å². The third-order valence-corrected chi connectivity index (χ3v) is 7.51. The van der Waals surface area contributed by atoms with Crippen LogP contribution in [0.1, 0.15) is 102 Å². The predicted octanol–water partition coefficient (Wildman–Crippen LogP) is 4.97. The van der Waals surface area contributed by atoms with Crippen LogP contribution >= 0.6 is 0 Å². The van der Waals surface area contributed by atoms with Crippen LogP contribution in [0, 0.1) is 5.92 Å². The molecule has 4 nitrogen and oxygen atoms in total. The first kappa shape index (κ1) is 15.2. The van der Waals surface area contributed by atoms with Gasteiger partial charge in [0.05, 0.1) is 5.54 Å². The van der Waals surface area contributed by atoms with Crippen molar-refractivity contribution in [3.05, 3.63) is 5.82 Å². The van der Waals surface area contributed by atoms with E-state index in [1.54, 1.807) is 0 Å². The number of fused-ring (bicyclic) bond motifs is 4. The second kappa shape index (κ2) is 6.03. The van der Waals surface area contributed by atoms with E-state index < -0.39 is 0 Å². The van der Waals surface area contributed by atoms with Crippen molar-refractivity contribution in [2.75, 3.05) is 5.32 Å². The summed E-state index contributed by atoms with van der Waals surface area (Å²) in [6.45, 7) is 0. The van der Waals surface area contributed by atoms with Crippen molar-refractivity contribution in [2.45, 2.75) is 107 Å². The van der Waals surface area contributed by atoms with Crippen molar-refractivity contribution in [3.8, 4) is 0 Å². The third-order valence-electron chi connectivity index (χ3n) is 7.51. The first-order chi connectivity index (χ1) is 11.9. The molecule has 0 saturated heterocycles. The first-order valence-electron chi connectivity index (χ1n) is 10.6. The molecule has 0 amide bonds. The minimum absolute atomic E-state index is 0.282. The fourth-order valence-corrected chi connectivity index (χ4v) is 6.28. The van der Waals surface area contributed by atoms with Crippen molar-refractivity contribution < 1.29 is 0 Å². The summed E-state index contributed by atoms with van der Waals surface area (Å²) in [6, 6.07) is 0.646. The topological polar surface area (TPSA) is 42.7 Å². The molecule has 1 aromatic rings. The van der Waals surface area contributed by atoms with Gasteiger partial charge < -0.3 is 5.32 Å². The maximum Gasteiger partial charge on any atom is 0.222 e. The number of rotatable bonds is 1. The van der Waals surface area contributed by atoms with Gasteiger partial charge in [0.2, 0.25) is 5.95 Å². The summed E-state index contributed by atoms with van der Waals surface area (Å²) < 4.78 is 2.41. The van der Waals surface area contributed by atoms with Crippen molar-refractivity contribution in [2.24, 2.45) is 5.92 Å². The largest absolute Gasteiger partial charge is 0.351 e. The Hall–Kier alpha value is -1.06. The van der Waals surface area contributed by atoms with Gasteiger partial charge in [-0.3, -0.25) is 0 Å². The lowest BCUT2D eigenvalue weighted by atomic mass is 9.64. The minimum Gasteiger partial charge on any atom is -0.351 e. The summed E-state index contributed by atoms with van der Waals surface area (Å²) in [5, 5.41) is 9.00. The molecule has 1 aromatic heterocycles. The Labute approximate surface area is 145 Å². The van der Waals surface area contributed by atoms with E-state index in [-0.39, 0.29) is 5.54 Å². The Bertz CT molecular complexity index is 580. The molecule has 0 bridgehead atoms. The quantitative estimate of drug-likeness (QED) is 0.791. The molecule has 1 N–H and O–H groups in total. The zero-order chi connectivity index (χ0) is 16.0. The van der Waals surface area contributed by atoms with Gasteiger partial charge in [0.15, 0.2) is 5.82 Å². The summed E-state index contributed by atoms with van der Waals surface area (Å²) in [4.78, 5) is 5.06. The summed E-state index contributed by atoms with van der Waals surface area (Å²) in [7, 11) is 0. The molecule has 3 fully saturated rings. The Morgan fingerprint density at radius 2 is 1.54 bits per heavy atom. The van der Waals surface area contributed by atoms with Gasteiger partial charge >= 0.3 is 0 Å². The molecular weight excluding hydrogens is 296 g/mol. The summed E-state index contributed by atoms with van der Waals surface area (Å²) >= 11 is 0. The molecular formula is C20H32N4. The van der Waals surface area contributed by atoms with Gasteiger partial charge in [-0.25, -0.2) is 4.68 Å². The highest BCUT2D eigenvalue weighted by Gasteiger charge is 2.51. The lowest BCUT2D eigenvalue weighted by Gasteiger charge is -2.52. The maximum atomic E-state index is 5.19. The molecule has 4 aliphatic rings. The smallest absolute Gasteiger partial charge is 0.222 e. The molecule has 5 rings (SSSR count). The van der Waals surface area contributed by atoms with Gasteiger partial charge in [-0.15, -0.1) is 0 Å². The predicted molar refractivity (Wildman–Crippen MR) is 96.3 cm³/mol. The van der Waals surface area contributed by atoms with E-state index in [0.717, 1.165) is 17.7 Å². The standard InChI is InChI=1S/C20H32N4/c1-3-9-15(10-4-1)18-22-19-21-17-12-6-5-11-16(17)20(24(19)23-18)13-7-2-8-14-20/h15-17H,1-14H2,(H,21,22,23)/t16-,17+/m1/s1. The van der Waals surface area contributed by atoms with Gasteiger partial charge in [-0.2, -0.15) is 10.1 Å². The van der Waals surface area contributed by atoms with E-state index in [0.29, 0.717) is 12.0 Å². The van der Waals surface area contributed by atoms with Gasteiger partial charge in [-0.05, 0) is 38.5 Å². The molecule has 3 saturated carbocycles. The Balaban J connectivity index is 1.54. The van der Waals surface area contributed by atoms with Crippen LogP contribution in [0.15, 0.2) is 0 Å². The van der Waals surface area contributed by atoms with Crippen LogP contribution in [0.4, 0.5) is 5.95 Å². The Kier molecular flexibility index (Phi) is 3.82. The van der Waals surface area contributed by atoms with Crippen molar-refractivity contribution in [1.29, 1.82) is 0 Å². The number of hydrogen-bond acceptors (Lipinski definition) is 3. The van der Waals surface area contributed by atoms with E-state index in [1.807, 2.05) is 0 Å². The van der Waals surface area contributed by atoms with Crippen molar-refractivity contribution in [3.63, 3.8) is 0 Å². The molecule has 3 aliphatic carbocycles. The van der Waals surface area contributed by atoms with Gasteiger partial charge in [-0.1, -0.05) is 51.4 Å².